The molecule has 8 heteroatoms. The number of hydrogen-bond acceptors (Lipinski definition) is 5. The minimum Gasteiger partial charge on any atom is -0.454 e. The quantitative estimate of drug-likeness (QED) is 0.838. The molecule has 0 saturated carbocycles. The predicted molar refractivity (Wildman–Crippen MR) is 85.1 cm³/mol. The second-order valence-corrected chi connectivity index (χ2v) is 7.71. The molecule has 0 aromatic heterocycles. The Kier molecular flexibility index (Phi) is 4.45. The molecule has 0 radical (unpaired) electrons. The van der Waals surface area contributed by atoms with Crippen LogP contribution in [0.1, 0.15) is 19.8 Å². The van der Waals surface area contributed by atoms with E-state index in [4.69, 9.17) is 9.47 Å². The molecular formula is C15H20N2O5S. The number of hydrogen-bond donors (Lipinski definition) is 1. The SMILES string of the molecule is CCCS(=O)(=O)NCC1CC(=O)N(c2ccc3c(c2)OCO3)C1. The molecule has 0 bridgehead atoms. The van der Waals surface area contributed by atoms with Crippen LogP contribution < -0.4 is 19.1 Å². The van der Waals surface area contributed by atoms with Crippen molar-refractivity contribution in [1.82, 2.24) is 4.72 Å². The smallest absolute Gasteiger partial charge is 0.231 e. The lowest BCUT2D eigenvalue weighted by atomic mass is 10.1. The van der Waals surface area contributed by atoms with Gasteiger partial charge >= 0.3 is 0 Å². The maximum atomic E-state index is 12.2. The molecule has 1 N–H and O–H groups in total. The lowest BCUT2D eigenvalue weighted by molar-refractivity contribution is -0.117. The van der Waals surface area contributed by atoms with Crippen LogP contribution in [0.4, 0.5) is 5.69 Å². The van der Waals surface area contributed by atoms with Gasteiger partial charge in [0.2, 0.25) is 22.7 Å². The molecule has 23 heavy (non-hydrogen) atoms. The van der Waals surface area contributed by atoms with Crippen molar-refractivity contribution in [2.75, 3.05) is 30.5 Å². The molecule has 1 amide bonds. The van der Waals surface area contributed by atoms with Crippen molar-refractivity contribution >= 4 is 21.6 Å². The molecular weight excluding hydrogens is 320 g/mol. The van der Waals surface area contributed by atoms with Crippen LogP contribution in [0.2, 0.25) is 0 Å². The van der Waals surface area contributed by atoms with Crippen LogP contribution in [0.3, 0.4) is 0 Å². The number of anilines is 1. The van der Waals surface area contributed by atoms with Gasteiger partial charge in [0, 0.05) is 31.3 Å². The maximum absolute atomic E-state index is 12.2. The number of rotatable bonds is 6. The first kappa shape index (κ1) is 16.1. The van der Waals surface area contributed by atoms with Crippen LogP contribution in [-0.2, 0) is 14.8 Å². The normalized spacial score (nSPS) is 20.3. The van der Waals surface area contributed by atoms with Gasteiger partial charge in [0.25, 0.3) is 0 Å². The number of nitrogens with zero attached hydrogens (tertiary/aromatic N) is 1. The first-order valence-corrected chi connectivity index (χ1v) is 9.31. The van der Waals surface area contributed by atoms with Gasteiger partial charge < -0.3 is 14.4 Å². The summed E-state index contributed by atoms with van der Waals surface area (Å²) >= 11 is 0. The fourth-order valence-corrected chi connectivity index (χ4v) is 3.98. The van der Waals surface area contributed by atoms with Gasteiger partial charge in [-0.25, -0.2) is 13.1 Å². The minimum atomic E-state index is -3.24. The summed E-state index contributed by atoms with van der Waals surface area (Å²) in [6, 6.07) is 5.38. The standard InChI is InChI=1S/C15H20N2O5S/c1-2-5-23(19,20)16-8-11-6-15(18)17(9-11)12-3-4-13-14(7-12)22-10-21-13/h3-4,7,11,16H,2,5-6,8-10H2,1H3. The Morgan fingerprint density at radius 1 is 1.30 bits per heavy atom. The molecule has 2 heterocycles. The Morgan fingerprint density at radius 3 is 2.87 bits per heavy atom. The monoisotopic (exact) mass is 340 g/mol. The molecule has 2 aliphatic heterocycles. The summed E-state index contributed by atoms with van der Waals surface area (Å²) in [4.78, 5) is 13.9. The van der Waals surface area contributed by atoms with Gasteiger partial charge in [-0.2, -0.15) is 0 Å². The average Bonchev–Trinajstić information content (AvgIpc) is 3.10. The van der Waals surface area contributed by atoms with E-state index >= 15 is 0 Å². The third-order valence-electron chi connectivity index (χ3n) is 3.94. The topological polar surface area (TPSA) is 84.9 Å². The van der Waals surface area contributed by atoms with Crippen LogP contribution in [0.25, 0.3) is 0 Å². The summed E-state index contributed by atoms with van der Waals surface area (Å²) in [7, 11) is -3.24. The molecule has 1 saturated heterocycles. The van der Waals surface area contributed by atoms with Gasteiger partial charge in [0.1, 0.15) is 0 Å². The van der Waals surface area contributed by atoms with Crippen LogP contribution in [-0.4, -0.2) is 40.0 Å². The molecule has 1 fully saturated rings. The van der Waals surface area contributed by atoms with Crippen molar-refractivity contribution < 1.29 is 22.7 Å². The molecule has 1 unspecified atom stereocenters. The van der Waals surface area contributed by atoms with Gasteiger partial charge in [0.05, 0.1) is 5.75 Å². The van der Waals surface area contributed by atoms with E-state index in [9.17, 15) is 13.2 Å². The number of sulfonamides is 1. The van der Waals surface area contributed by atoms with Crippen LogP contribution in [0.5, 0.6) is 11.5 Å². The van der Waals surface area contributed by atoms with E-state index < -0.39 is 10.0 Å². The third-order valence-corrected chi connectivity index (χ3v) is 5.49. The number of carbonyl (C=O) groups excluding carboxylic acids is 1. The maximum Gasteiger partial charge on any atom is 0.231 e. The fraction of sp³-hybridized carbons (Fsp3) is 0.533. The van der Waals surface area contributed by atoms with Crippen molar-refractivity contribution in [2.24, 2.45) is 5.92 Å². The number of carbonyl (C=O) groups is 1. The highest BCUT2D eigenvalue weighted by molar-refractivity contribution is 7.89. The Labute approximate surface area is 135 Å². The lowest BCUT2D eigenvalue weighted by Gasteiger charge is -2.17. The van der Waals surface area contributed by atoms with E-state index in [-0.39, 0.29) is 30.9 Å². The van der Waals surface area contributed by atoms with Crippen LogP contribution in [0, 0.1) is 5.92 Å². The van der Waals surface area contributed by atoms with Gasteiger partial charge in [0.15, 0.2) is 11.5 Å². The molecule has 1 aromatic rings. The van der Waals surface area contributed by atoms with Gasteiger partial charge in [-0.1, -0.05) is 6.92 Å². The second-order valence-electron chi connectivity index (χ2n) is 5.78. The first-order valence-electron chi connectivity index (χ1n) is 7.66. The predicted octanol–water partition coefficient (Wildman–Crippen LogP) is 1.10. The summed E-state index contributed by atoms with van der Waals surface area (Å²) < 4.78 is 36.6. The van der Waals surface area contributed by atoms with Crippen LogP contribution in [0.15, 0.2) is 18.2 Å². The summed E-state index contributed by atoms with van der Waals surface area (Å²) in [6.45, 7) is 2.79. The number of nitrogens with one attached hydrogen (secondary N) is 1. The second kappa shape index (κ2) is 6.37. The van der Waals surface area contributed by atoms with E-state index in [2.05, 4.69) is 4.72 Å². The molecule has 0 aliphatic carbocycles. The number of ether oxygens (including phenoxy) is 2. The molecule has 1 aromatic carbocycles. The molecule has 3 rings (SSSR count). The summed E-state index contributed by atoms with van der Waals surface area (Å²) in [5, 5.41) is 0. The Bertz CT molecular complexity index is 704. The fourth-order valence-electron chi connectivity index (χ4n) is 2.81. The number of benzene rings is 1. The van der Waals surface area contributed by atoms with Crippen LogP contribution >= 0.6 is 0 Å². The van der Waals surface area contributed by atoms with E-state index in [0.29, 0.717) is 30.9 Å². The number of fused-ring (bicyclic) bond motifs is 1. The zero-order chi connectivity index (χ0) is 16.4. The zero-order valence-corrected chi connectivity index (χ0v) is 13.8. The Morgan fingerprint density at radius 2 is 2.09 bits per heavy atom. The molecule has 1 atom stereocenters. The average molecular weight is 340 g/mol. The van der Waals surface area contributed by atoms with Crippen molar-refractivity contribution in [3.63, 3.8) is 0 Å². The van der Waals surface area contributed by atoms with E-state index in [1.165, 1.54) is 0 Å². The first-order chi connectivity index (χ1) is 11.0. The molecule has 7 nitrogen and oxygen atoms in total. The van der Waals surface area contributed by atoms with E-state index in [1.807, 2.05) is 13.0 Å². The largest absolute Gasteiger partial charge is 0.454 e. The summed E-state index contributed by atoms with van der Waals surface area (Å²) in [5.41, 5.74) is 0.748. The highest BCUT2D eigenvalue weighted by Gasteiger charge is 2.32. The third kappa shape index (κ3) is 3.59. The Hall–Kier alpha value is -1.80. The van der Waals surface area contributed by atoms with E-state index in [1.54, 1.807) is 17.0 Å². The lowest BCUT2D eigenvalue weighted by Crippen LogP contribution is -2.32. The van der Waals surface area contributed by atoms with Crippen molar-refractivity contribution in [2.45, 2.75) is 19.8 Å². The van der Waals surface area contributed by atoms with Gasteiger partial charge in [-0.15, -0.1) is 0 Å². The van der Waals surface area contributed by atoms with Crippen molar-refractivity contribution in [1.29, 1.82) is 0 Å². The molecule has 0 spiro atoms. The van der Waals surface area contributed by atoms with Gasteiger partial charge in [-0.05, 0) is 24.5 Å². The number of amides is 1. The van der Waals surface area contributed by atoms with Crippen molar-refractivity contribution in [3.8, 4) is 11.5 Å². The molecule has 2 aliphatic rings. The Balaban J connectivity index is 1.64. The van der Waals surface area contributed by atoms with Crippen molar-refractivity contribution in [3.05, 3.63) is 18.2 Å². The molecule has 126 valence electrons. The van der Waals surface area contributed by atoms with Gasteiger partial charge in [-0.3, -0.25) is 4.79 Å². The zero-order valence-electron chi connectivity index (χ0n) is 12.9. The highest BCUT2D eigenvalue weighted by Crippen LogP contribution is 2.37. The van der Waals surface area contributed by atoms with E-state index in [0.717, 1.165) is 5.69 Å². The highest BCUT2D eigenvalue weighted by atomic mass is 32.2. The summed E-state index contributed by atoms with van der Waals surface area (Å²) in [6.07, 6.45) is 0.908. The summed E-state index contributed by atoms with van der Waals surface area (Å²) in [5.74, 6) is 1.37. The minimum absolute atomic E-state index is 0.0106.